The molecule has 2 atom stereocenters. The lowest BCUT2D eigenvalue weighted by molar-refractivity contribution is 0.108. The summed E-state index contributed by atoms with van der Waals surface area (Å²) in [5.41, 5.74) is 2.24. The van der Waals surface area contributed by atoms with Crippen molar-refractivity contribution in [3.8, 4) is 0 Å². The van der Waals surface area contributed by atoms with Gasteiger partial charge in [0.25, 0.3) is 0 Å². The van der Waals surface area contributed by atoms with Crippen LogP contribution in [0.5, 0.6) is 0 Å². The fourth-order valence-corrected chi connectivity index (χ4v) is 3.80. The number of aromatic nitrogens is 5. The molecule has 4 rings (SSSR count). The van der Waals surface area contributed by atoms with Gasteiger partial charge in [-0.2, -0.15) is 0 Å². The quantitative estimate of drug-likeness (QED) is 0.707. The van der Waals surface area contributed by atoms with E-state index in [0.717, 1.165) is 43.1 Å². The van der Waals surface area contributed by atoms with Crippen LogP contribution in [0.4, 0.5) is 0 Å². The van der Waals surface area contributed by atoms with E-state index in [-0.39, 0.29) is 12.1 Å². The highest BCUT2D eigenvalue weighted by molar-refractivity contribution is 5.75. The molecule has 0 unspecified atom stereocenters. The highest BCUT2D eigenvalue weighted by Gasteiger charge is 2.35. The van der Waals surface area contributed by atoms with Crippen LogP contribution in [-0.2, 0) is 25.3 Å². The zero-order chi connectivity index (χ0) is 17.4. The lowest BCUT2D eigenvalue weighted by Crippen LogP contribution is -2.29. The largest absolute Gasteiger partial charge is 0.380 e. The predicted octanol–water partition coefficient (Wildman–Crippen LogP) is 1.71. The van der Waals surface area contributed by atoms with E-state index in [1.165, 1.54) is 5.52 Å². The predicted molar refractivity (Wildman–Crippen MR) is 95.1 cm³/mol. The van der Waals surface area contributed by atoms with Gasteiger partial charge in [0.05, 0.1) is 23.2 Å². The van der Waals surface area contributed by atoms with Gasteiger partial charge in [-0.1, -0.05) is 12.1 Å². The van der Waals surface area contributed by atoms with E-state index in [2.05, 4.69) is 44.9 Å². The Balaban J connectivity index is 1.53. The number of benzene rings is 1. The molecule has 0 saturated carbocycles. The molecule has 0 aliphatic carbocycles. The van der Waals surface area contributed by atoms with Gasteiger partial charge in [-0.25, -0.2) is 4.98 Å². The number of methoxy groups -OCH3 is 1. The van der Waals surface area contributed by atoms with E-state index in [0.29, 0.717) is 0 Å². The van der Waals surface area contributed by atoms with Crippen molar-refractivity contribution in [1.29, 1.82) is 0 Å². The van der Waals surface area contributed by atoms with Gasteiger partial charge in [0, 0.05) is 40.7 Å². The van der Waals surface area contributed by atoms with Gasteiger partial charge in [-0.15, -0.1) is 10.2 Å². The number of para-hydroxylation sites is 2. The van der Waals surface area contributed by atoms with E-state index in [9.17, 15) is 0 Å². The van der Waals surface area contributed by atoms with Crippen LogP contribution in [0.1, 0.15) is 24.1 Å². The molecule has 2 aromatic heterocycles. The van der Waals surface area contributed by atoms with Crippen molar-refractivity contribution in [3.63, 3.8) is 0 Å². The Morgan fingerprint density at radius 3 is 2.80 bits per heavy atom. The minimum absolute atomic E-state index is 0.238. The standard InChI is InChI=1S/C18H24N6O/c1-22-12-19-21-18(22)16-10-13(25-3)11-24(16)9-8-17-20-14-6-4-5-7-15(14)23(17)2/h4-7,12-13,16H,8-11H2,1-3H3/t13-,16+/m1/s1. The molecule has 0 N–H and O–H groups in total. The average molecular weight is 340 g/mol. The Morgan fingerprint density at radius 2 is 2.08 bits per heavy atom. The summed E-state index contributed by atoms with van der Waals surface area (Å²) in [5.74, 6) is 2.11. The van der Waals surface area contributed by atoms with Gasteiger partial charge < -0.3 is 13.9 Å². The average Bonchev–Trinajstić information content (AvgIpc) is 3.31. The van der Waals surface area contributed by atoms with E-state index in [4.69, 9.17) is 9.72 Å². The molecule has 0 bridgehead atoms. The second kappa shape index (κ2) is 6.57. The minimum Gasteiger partial charge on any atom is -0.380 e. The Bertz CT molecular complexity index is 869. The van der Waals surface area contributed by atoms with Crippen LogP contribution in [0.2, 0.25) is 0 Å². The molecule has 3 aromatic rings. The molecule has 1 fully saturated rings. The number of nitrogens with zero attached hydrogens (tertiary/aromatic N) is 6. The summed E-state index contributed by atoms with van der Waals surface area (Å²) < 4.78 is 9.81. The van der Waals surface area contributed by atoms with Gasteiger partial charge >= 0.3 is 0 Å². The SMILES string of the molecule is CO[C@@H]1C[C@@H](c2nncn2C)N(CCc2nc3ccccc3n2C)C1. The molecule has 1 saturated heterocycles. The lowest BCUT2D eigenvalue weighted by Gasteiger charge is -2.23. The molecule has 0 amide bonds. The highest BCUT2D eigenvalue weighted by Crippen LogP contribution is 2.32. The summed E-state index contributed by atoms with van der Waals surface area (Å²) in [6, 6.07) is 8.52. The van der Waals surface area contributed by atoms with Crippen molar-refractivity contribution in [2.75, 3.05) is 20.2 Å². The van der Waals surface area contributed by atoms with Gasteiger partial charge in [-0.3, -0.25) is 4.90 Å². The molecule has 132 valence electrons. The second-order valence-corrected chi connectivity index (χ2v) is 6.73. The molecule has 25 heavy (non-hydrogen) atoms. The fourth-order valence-electron chi connectivity index (χ4n) is 3.80. The van der Waals surface area contributed by atoms with Crippen LogP contribution in [0.15, 0.2) is 30.6 Å². The zero-order valence-electron chi connectivity index (χ0n) is 15.0. The third kappa shape index (κ3) is 2.94. The first-order valence-electron chi connectivity index (χ1n) is 8.68. The van der Waals surface area contributed by atoms with Crippen LogP contribution in [0.3, 0.4) is 0 Å². The monoisotopic (exact) mass is 340 g/mol. The van der Waals surface area contributed by atoms with E-state index in [1.54, 1.807) is 13.4 Å². The van der Waals surface area contributed by atoms with Crippen LogP contribution in [-0.4, -0.2) is 55.5 Å². The Labute approximate surface area is 147 Å². The first-order chi connectivity index (χ1) is 12.2. The van der Waals surface area contributed by atoms with Gasteiger partial charge in [0.2, 0.25) is 0 Å². The molecule has 0 spiro atoms. The molecule has 1 aliphatic heterocycles. The van der Waals surface area contributed by atoms with Crippen LogP contribution in [0, 0.1) is 0 Å². The second-order valence-electron chi connectivity index (χ2n) is 6.73. The summed E-state index contributed by atoms with van der Waals surface area (Å²) in [6.07, 6.45) is 3.85. The number of hydrogen-bond donors (Lipinski definition) is 0. The van der Waals surface area contributed by atoms with E-state index < -0.39 is 0 Å². The molecule has 1 aliphatic rings. The number of rotatable bonds is 5. The summed E-state index contributed by atoms with van der Waals surface area (Å²) >= 11 is 0. The number of fused-ring (bicyclic) bond motifs is 1. The van der Waals surface area contributed by atoms with Crippen molar-refractivity contribution < 1.29 is 4.74 Å². The number of aryl methyl sites for hydroxylation is 2. The molecule has 3 heterocycles. The molecular weight excluding hydrogens is 316 g/mol. The smallest absolute Gasteiger partial charge is 0.150 e. The van der Waals surface area contributed by atoms with Crippen LogP contribution in [0.25, 0.3) is 11.0 Å². The third-order valence-corrected chi connectivity index (χ3v) is 5.25. The first kappa shape index (κ1) is 16.2. The van der Waals surface area contributed by atoms with Crippen molar-refractivity contribution in [3.05, 3.63) is 42.2 Å². The molecular formula is C18H24N6O. The van der Waals surface area contributed by atoms with Crippen LogP contribution >= 0.6 is 0 Å². The maximum absolute atomic E-state index is 5.61. The summed E-state index contributed by atoms with van der Waals surface area (Å²) in [6.45, 7) is 1.84. The zero-order valence-corrected chi connectivity index (χ0v) is 15.0. The fraction of sp³-hybridized carbons (Fsp3) is 0.500. The lowest BCUT2D eigenvalue weighted by atomic mass is 10.2. The van der Waals surface area contributed by atoms with Crippen molar-refractivity contribution in [2.24, 2.45) is 14.1 Å². The number of likely N-dealkylation sites (tertiary alicyclic amines) is 1. The Morgan fingerprint density at radius 1 is 1.24 bits per heavy atom. The molecule has 7 heteroatoms. The van der Waals surface area contributed by atoms with Crippen molar-refractivity contribution >= 4 is 11.0 Å². The number of imidazole rings is 1. The maximum Gasteiger partial charge on any atom is 0.150 e. The molecule has 0 radical (unpaired) electrons. The molecule has 1 aromatic carbocycles. The summed E-state index contributed by atoms with van der Waals surface area (Å²) in [5, 5.41) is 8.36. The summed E-state index contributed by atoms with van der Waals surface area (Å²) in [7, 11) is 5.87. The highest BCUT2D eigenvalue weighted by atomic mass is 16.5. The van der Waals surface area contributed by atoms with Crippen LogP contribution < -0.4 is 0 Å². The van der Waals surface area contributed by atoms with Gasteiger partial charge in [0.1, 0.15) is 18.0 Å². The minimum atomic E-state index is 0.238. The van der Waals surface area contributed by atoms with Crippen molar-refractivity contribution in [2.45, 2.75) is 25.0 Å². The summed E-state index contributed by atoms with van der Waals surface area (Å²) in [4.78, 5) is 7.23. The molecule has 7 nitrogen and oxygen atoms in total. The number of ether oxygens (including phenoxy) is 1. The topological polar surface area (TPSA) is 61.0 Å². The van der Waals surface area contributed by atoms with E-state index >= 15 is 0 Å². The van der Waals surface area contributed by atoms with Gasteiger partial charge in [0.15, 0.2) is 0 Å². The van der Waals surface area contributed by atoms with Crippen molar-refractivity contribution in [1.82, 2.24) is 29.2 Å². The maximum atomic E-state index is 5.61. The Kier molecular flexibility index (Phi) is 4.27. The van der Waals surface area contributed by atoms with Gasteiger partial charge in [-0.05, 0) is 18.6 Å². The number of hydrogen-bond acceptors (Lipinski definition) is 5. The van der Waals surface area contributed by atoms with E-state index in [1.807, 2.05) is 17.7 Å². The Hall–Kier alpha value is -2.25. The first-order valence-corrected chi connectivity index (χ1v) is 8.68. The normalized spacial score (nSPS) is 21.4. The third-order valence-electron chi connectivity index (χ3n) is 5.25.